The maximum atomic E-state index is 12.2. The molecule has 1 saturated heterocycles. The average Bonchev–Trinajstić information content (AvgIpc) is 2.40. The fourth-order valence-corrected chi connectivity index (χ4v) is 3.07. The molecule has 0 aliphatic carbocycles. The molecule has 1 aliphatic rings. The summed E-state index contributed by atoms with van der Waals surface area (Å²) in [7, 11) is -3.17. The van der Waals surface area contributed by atoms with E-state index < -0.39 is 10.0 Å². The van der Waals surface area contributed by atoms with Gasteiger partial charge in [-0.3, -0.25) is 4.79 Å². The minimum absolute atomic E-state index is 0.0175. The highest BCUT2D eigenvalue weighted by atomic mass is 32.2. The lowest BCUT2D eigenvalue weighted by Gasteiger charge is -2.33. The Morgan fingerprint density at radius 2 is 1.80 bits per heavy atom. The molecule has 1 aliphatic heterocycles. The number of sulfonamides is 1. The van der Waals surface area contributed by atoms with E-state index in [2.05, 4.69) is 0 Å². The zero-order chi connectivity index (χ0) is 14.8. The SMILES string of the molecule is CS(=O)(=O)N1CCN(C(=O)Cc2ccccc2N)CC1. The predicted octanol–water partition coefficient (Wildman–Crippen LogP) is -0.0849. The molecule has 1 aromatic carbocycles. The van der Waals surface area contributed by atoms with Crippen LogP contribution in [-0.4, -0.2) is 56.0 Å². The summed E-state index contributed by atoms with van der Waals surface area (Å²) in [6, 6.07) is 7.28. The Morgan fingerprint density at radius 3 is 2.35 bits per heavy atom. The molecule has 1 heterocycles. The van der Waals surface area contributed by atoms with Gasteiger partial charge in [0.15, 0.2) is 0 Å². The molecule has 7 heteroatoms. The molecule has 0 unspecified atom stereocenters. The number of anilines is 1. The van der Waals surface area contributed by atoms with Crippen molar-refractivity contribution < 1.29 is 13.2 Å². The van der Waals surface area contributed by atoms with E-state index in [1.807, 2.05) is 18.2 Å². The molecular weight excluding hydrogens is 278 g/mol. The van der Waals surface area contributed by atoms with E-state index in [4.69, 9.17) is 5.73 Å². The molecule has 2 rings (SSSR count). The van der Waals surface area contributed by atoms with Crippen molar-refractivity contribution in [3.63, 3.8) is 0 Å². The Bertz CT molecular complexity index is 593. The molecule has 110 valence electrons. The van der Waals surface area contributed by atoms with Gasteiger partial charge in [0.05, 0.1) is 12.7 Å². The molecule has 0 atom stereocenters. The molecule has 1 aromatic rings. The summed E-state index contributed by atoms with van der Waals surface area (Å²) in [5, 5.41) is 0. The minimum Gasteiger partial charge on any atom is -0.398 e. The molecule has 0 radical (unpaired) electrons. The van der Waals surface area contributed by atoms with Gasteiger partial charge in [-0.15, -0.1) is 0 Å². The Morgan fingerprint density at radius 1 is 1.20 bits per heavy atom. The first-order valence-corrected chi connectivity index (χ1v) is 8.29. The van der Waals surface area contributed by atoms with E-state index in [1.54, 1.807) is 11.0 Å². The normalized spacial score (nSPS) is 17.1. The van der Waals surface area contributed by atoms with Gasteiger partial charge >= 0.3 is 0 Å². The van der Waals surface area contributed by atoms with Gasteiger partial charge in [0, 0.05) is 31.9 Å². The van der Waals surface area contributed by atoms with Crippen molar-refractivity contribution in [2.45, 2.75) is 6.42 Å². The Hall–Kier alpha value is -1.60. The number of benzene rings is 1. The van der Waals surface area contributed by atoms with Gasteiger partial charge in [-0.1, -0.05) is 18.2 Å². The molecule has 1 amide bonds. The number of hydrogen-bond donors (Lipinski definition) is 1. The standard InChI is InChI=1S/C13H19N3O3S/c1-20(18,19)16-8-6-15(7-9-16)13(17)10-11-4-2-3-5-12(11)14/h2-5H,6-10,14H2,1H3. The van der Waals surface area contributed by atoms with E-state index >= 15 is 0 Å². The lowest BCUT2D eigenvalue weighted by molar-refractivity contribution is -0.131. The summed E-state index contributed by atoms with van der Waals surface area (Å²) in [5.41, 5.74) is 7.23. The molecule has 0 bridgehead atoms. The van der Waals surface area contributed by atoms with Crippen molar-refractivity contribution in [2.75, 3.05) is 38.2 Å². The largest absolute Gasteiger partial charge is 0.398 e. The van der Waals surface area contributed by atoms with Crippen LogP contribution in [0.1, 0.15) is 5.56 Å². The molecule has 0 spiro atoms. The molecular formula is C13H19N3O3S. The molecule has 0 saturated carbocycles. The number of hydrogen-bond acceptors (Lipinski definition) is 4. The minimum atomic E-state index is -3.17. The summed E-state index contributed by atoms with van der Waals surface area (Å²) < 4.78 is 24.2. The second-order valence-corrected chi connectivity index (χ2v) is 6.90. The fourth-order valence-electron chi connectivity index (χ4n) is 2.24. The number of carbonyl (C=O) groups excluding carboxylic acids is 1. The molecule has 2 N–H and O–H groups in total. The number of piperazine rings is 1. The predicted molar refractivity (Wildman–Crippen MR) is 77.6 cm³/mol. The molecule has 6 nitrogen and oxygen atoms in total. The average molecular weight is 297 g/mol. The van der Waals surface area contributed by atoms with Gasteiger partial charge in [0.2, 0.25) is 15.9 Å². The van der Waals surface area contributed by atoms with Crippen LogP contribution >= 0.6 is 0 Å². The number of carbonyl (C=O) groups is 1. The highest BCUT2D eigenvalue weighted by Crippen LogP contribution is 2.14. The summed E-state index contributed by atoms with van der Waals surface area (Å²) in [5.74, 6) is -0.0175. The van der Waals surface area contributed by atoms with Gasteiger partial charge in [-0.25, -0.2) is 8.42 Å². The lowest BCUT2D eigenvalue weighted by Crippen LogP contribution is -2.50. The highest BCUT2D eigenvalue weighted by Gasteiger charge is 2.26. The van der Waals surface area contributed by atoms with Gasteiger partial charge in [-0.2, -0.15) is 4.31 Å². The first-order valence-electron chi connectivity index (χ1n) is 6.44. The van der Waals surface area contributed by atoms with Crippen molar-refractivity contribution in [1.29, 1.82) is 0 Å². The van der Waals surface area contributed by atoms with E-state index in [-0.39, 0.29) is 12.3 Å². The van der Waals surface area contributed by atoms with Crippen LogP contribution in [0.2, 0.25) is 0 Å². The van der Waals surface area contributed by atoms with Crippen LogP contribution in [0.25, 0.3) is 0 Å². The van der Waals surface area contributed by atoms with Crippen molar-refractivity contribution >= 4 is 21.6 Å². The first kappa shape index (κ1) is 14.8. The number of rotatable bonds is 3. The summed E-state index contributed by atoms with van der Waals surface area (Å²) in [6.45, 7) is 1.57. The lowest BCUT2D eigenvalue weighted by atomic mass is 10.1. The Kier molecular flexibility index (Phi) is 4.29. The highest BCUT2D eigenvalue weighted by molar-refractivity contribution is 7.88. The second-order valence-electron chi connectivity index (χ2n) is 4.92. The van der Waals surface area contributed by atoms with Crippen LogP contribution in [0.3, 0.4) is 0 Å². The van der Waals surface area contributed by atoms with Gasteiger partial charge in [0.25, 0.3) is 0 Å². The van der Waals surface area contributed by atoms with Crippen LogP contribution in [-0.2, 0) is 21.2 Å². The number of amides is 1. The third-order valence-corrected chi connectivity index (χ3v) is 4.76. The first-order chi connectivity index (χ1) is 9.38. The van der Waals surface area contributed by atoms with Crippen molar-refractivity contribution in [3.8, 4) is 0 Å². The van der Waals surface area contributed by atoms with Crippen LogP contribution in [0, 0.1) is 0 Å². The quantitative estimate of drug-likeness (QED) is 0.791. The van der Waals surface area contributed by atoms with Gasteiger partial charge in [0.1, 0.15) is 0 Å². The van der Waals surface area contributed by atoms with Crippen molar-refractivity contribution in [3.05, 3.63) is 29.8 Å². The topological polar surface area (TPSA) is 83.7 Å². The van der Waals surface area contributed by atoms with E-state index in [0.29, 0.717) is 31.9 Å². The van der Waals surface area contributed by atoms with E-state index in [9.17, 15) is 13.2 Å². The Labute approximate surface area is 119 Å². The third-order valence-electron chi connectivity index (χ3n) is 3.46. The van der Waals surface area contributed by atoms with Crippen LogP contribution in [0.4, 0.5) is 5.69 Å². The van der Waals surface area contributed by atoms with Gasteiger partial charge in [-0.05, 0) is 11.6 Å². The second kappa shape index (κ2) is 5.80. The number of para-hydroxylation sites is 1. The van der Waals surface area contributed by atoms with Crippen LogP contribution in [0.5, 0.6) is 0 Å². The number of nitrogens with zero attached hydrogens (tertiary/aromatic N) is 2. The maximum absolute atomic E-state index is 12.2. The number of nitrogen functional groups attached to an aromatic ring is 1. The smallest absolute Gasteiger partial charge is 0.227 e. The summed E-state index contributed by atoms with van der Waals surface area (Å²) >= 11 is 0. The molecule has 0 aromatic heterocycles. The van der Waals surface area contributed by atoms with E-state index in [1.165, 1.54) is 10.6 Å². The van der Waals surface area contributed by atoms with Crippen molar-refractivity contribution in [1.82, 2.24) is 9.21 Å². The number of nitrogens with two attached hydrogens (primary N) is 1. The summed E-state index contributed by atoms with van der Waals surface area (Å²) in [6.07, 6.45) is 1.45. The van der Waals surface area contributed by atoms with Crippen LogP contribution < -0.4 is 5.73 Å². The third kappa shape index (κ3) is 3.49. The van der Waals surface area contributed by atoms with Crippen molar-refractivity contribution in [2.24, 2.45) is 0 Å². The molecule has 20 heavy (non-hydrogen) atoms. The fraction of sp³-hybridized carbons (Fsp3) is 0.462. The zero-order valence-corrected chi connectivity index (χ0v) is 12.3. The maximum Gasteiger partial charge on any atom is 0.227 e. The Balaban J connectivity index is 1.94. The molecule has 1 fully saturated rings. The van der Waals surface area contributed by atoms with Crippen LogP contribution in [0.15, 0.2) is 24.3 Å². The zero-order valence-electron chi connectivity index (χ0n) is 11.4. The summed E-state index contributed by atoms with van der Waals surface area (Å²) in [4.78, 5) is 13.9. The monoisotopic (exact) mass is 297 g/mol. The van der Waals surface area contributed by atoms with E-state index in [0.717, 1.165) is 5.56 Å². The van der Waals surface area contributed by atoms with Gasteiger partial charge < -0.3 is 10.6 Å².